The van der Waals surface area contributed by atoms with Crippen LogP contribution in [0.5, 0.6) is 5.75 Å². The molecular weight excluding hydrogens is 318 g/mol. The lowest BCUT2D eigenvalue weighted by Gasteiger charge is -2.22. The normalized spacial score (nSPS) is 14.0. The van der Waals surface area contributed by atoms with Crippen molar-refractivity contribution in [3.05, 3.63) is 59.2 Å². The van der Waals surface area contributed by atoms with E-state index in [0.29, 0.717) is 17.9 Å². The summed E-state index contributed by atoms with van der Waals surface area (Å²) in [6.45, 7) is 4.09. The quantitative estimate of drug-likeness (QED) is 0.803. The molecule has 25 heavy (non-hydrogen) atoms. The monoisotopic (exact) mass is 339 g/mol. The fraction of sp³-hybridized carbons (Fsp3) is 0.300. The van der Waals surface area contributed by atoms with Gasteiger partial charge in [-0.25, -0.2) is 4.79 Å². The molecular formula is C20H21NO4. The second-order valence-corrected chi connectivity index (χ2v) is 6.12. The summed E-state index contributed by atoms with van der Waals surface area (Å²) >= 11 is 0. The first-order chi connectivity index (χ1) is 12.0. The van der Waals surface area contributed by atoms with Crippen LogP contribution in [0.4, 0.5) is 5.69 Å². The molecule has 0 unspecified atom stereocenters. The third kappa shape index (κ3) is 3.36. The van der Waals surface area contributed by atoms with Crippen LogP contribution in [0.25, 0.3) is 0 Å². The summed E-state index contributed by atoms with van der Waals surface area (Å²) < 4.78 is 10.6. The average molecular weight is 339 g/mol. The highest BCUT2D eigenvalue weighted by Crippen LogP contribution is 2.28. The van der Waals surface area contributed by atoms with Crippen LogP contribution in [0.2, 0.25) is 0 Å². The van der Waals surface area contributed by atoms with Crippen molar-refractivity contribution in [2.45, 2.75) is 26.4 Å². The number of para-hydroxylation sites is 1. The Labute approximate surface area is 147 Å². The Hall–Kier alpha value is -2.82. The van der Waals surface area contributed by atoms with Crippen LogP contribution >= 0.6 is 0 Å². The third-order valence-corrected chi connectivity index (χ3v) is 4.36. The van der Waals surface area contributed by atoms with Crippen molar-refractivity contribution in [3.8, 4) is 5.75 Å². The molecule has 3 rings (SSSR count). The molecule has 0 fully saturated rings. The number of benzene rings is 2. The maximum Gasteiger partial charge on any atom is 0.342 e. The van der Waals surface area contributed by atoms with Gasteiger partial charge in [0.25, 0.3) is 5.91 Å². The van der Waals surface area contributed by atoms with Gasteiger partial charge in [-0.1, -0.05) is 29.8 Å². The molecule has 2 aromatic rings. The maximum absolute atomic E-state index is 12.7. The number of anilines is 1. The van der Waals surface area contributed by atoms with Gasteiger partial charge < -0.3 is 14.4 Å². The lowest BCUT2D eigenvalue weighted by molar-refractivity contribution is -0.126. The third-order valence-electron chi connectivity index (χ3n) is 4.36. The van der Waals surface area contributed by atoms with Crippen molar-refractivity contribution >= 4 is 17.6 Å². The van der Waals surface area contributed by atoms with E-state index in [1.54, 1.807) is 24.0 Å². The standard InChI is InChI=1S/C20H21NO4/c1-13-8-9-18(24-3)16(12-13)20(23)25-14(2)19(22)21-11-10-15-6-4-5-7-17(15)21/h4-9,12,14H,10-11H2,1-3H3/t14-/m1/s1. The second kappa shape index (κ2) is 6.97. The summed E-state index contributed by atoms with van der Waals surface area (Å²) in [6.07, 6.45) is -0.0576. The van der Waals surface area contributed by atoms with E-state index in [4.69, 9.17) is 9.47 Å². The molecule has 0 bridgehead atoms. The van der Waals surface area contributed by atoms with Gasteiger partial charge in [-0.15, -0.1) is 0 Å². The van der Waals surface area contributed by atoms with Gasteiger partial charge in [-0.05, 0) is 44.0 Å². The number of methoxy groups -OCH3 is 1. The molecule has 130 valence electrons. The molecule has 1 amide bonds. The summed E-state index contributed by atoms with van der Waals surface area (Å²) in [7, 11) is 1.50. The zero-order valence-electron chi connectivity index (χ0n) is 14.6. The topological polar surface area (TPSA) is 55.8 Å². The number of amides is 1. The van der Waals surface area contributed by atoms with Gasteiger partial charge in [0.05, 0.1) is 7.11 Å². The fourth-order valence-corrected chi connectivity index (χ4v) is 3.04. The first-order valence-electron chi connectivity index (χ1n) is 8.26. The predicted molar refractivity (Wildman–Crippen MR) is 95.1 cm³/mol. The summed E-state index contributed by atoms with van der Waals surface area (Å²) in [6, 6.07) is 13.1. The van der Waals surface area contributed by atoms with E-state index in [1.807, 2.05) is 37.3 Å². The van der Waals surface area contributed by atoms with Crippen LogP contribution in [0, 0.1) is 6.92 Å². The number of esters is 1. The van der Waals surface area contributed by atoms with Gasteiger partial charge in [0, 0.05) is 12.2 Å². The minimum atomic E-state index is -0.871. The van der Waals surface area contributed by atoms with Gasteiger partial charge in [-0.3, -0.25) is 4.79 Å². The van der Waals surface area contributed by atoms with E-state index in [9.17, 15) is 9.59 Å². The Bertz CT molecular complexity index is 815. The molecule has 0 N–H and O–H groups in total. The maximum atomic E-state index is 12.7. The number of carbonyl (C=O) groups excluding carboxylic acids is 2. The van der Waals surface area contributed by atoms with Crippen molar-refractivity contribution in [1.29, 1.82) is 0 Å². The molecule has 1 heterocycles. The number of hydrogen-bond donors (Lipinski definition) is 0. The minimum Gasteiger partial charge on any atom is -0.496 e. The Kier molecular flexibility index (Phi) is 4.74. The number of ether oxygens (including phenoxy) is 2. The van der Waals surface area contributed by atoms with E-state index >= 15 is 0 Å². The zero-order chi connectivity index (χ0) is 18.0. The summed E-state index contributed by atoms with van der Waals surface area (Å²) in [5.74, 6) is -0.347. The van der Waals surface area contributed by atoms with Crippen molar-refractivity contribution < 1.29 is 19.1 Å². The molecule has 0 aromatic heterocycles. The number of carbonyl (C=O) groups is 2. The van der Waals surface area contributed by atoms with Crippen LogP contribution in [-0.4, -0.2) is 31.6 Å². The van der Waals surface area contributed by atoms with E-state index in [1.165, 1.54) is 7.11 Å². The molecule has 0 spiro atoms. The van der Waals surface area contributed by atoms with E-state index in [-0.39, 0.29) is 5.91 Å². The lowest BCUT2D eigenvalue weighted by Crippen LogP contribution is -2.39. The van der Waals surface area contributed by atoms with Crippen molar-refractivity contribution in [3.63, 3.8) is 0 Å². The van der Waals surface area contributed by atoms with Crippen LogP contribution < -0.4 is 9.64 Å². The predicted octanol–water partition coefficient (Wildman–Crippen LogP) is 3.14. The Morgan fingerprint density at radius 1 is 1.16 bits per heavy atom. The van der Waals surface area contributed by atoms with Gasteiger partial charge in [-0.2, -0.15) is 0 Å². The van der Waals surface area contributed by atoms with E-state index in [0.717, 1.165) is 23.2 Å². The molecule has 0 radical (unpaired) electrons. The molecule has 5 nitrogen and oxygen atoms in total. The molecule has 0 aliphatic carbocycles. The fourth-order valence-electron chi connectivity index (χ4n) is 3.04. The smallest absolute Gasteiger partial charge is 0.342 e. The van der Waals surface area contributed by atoms with Crippen LogP contribution in [0.1, 0.15) is 28.4 Å². The van der Waals surface area contributed by atoms with Crippen molar-refractivity contribution in [2.24, 2.45) is 0 Å². The van der Waals surface area contributed by atoms with Gasteiger partial charge >= 0.3 is 5.97 Å². The summed E-state index contributed by atoms with van der Waals surface area (Å²) in [5, 5.41) is 0. The van der Waals surface area contributed by atoms with E-state index in [2.05, 4.69) is 0 Å². The SMILES string of the molecule is COc1ccc(C)cc1C(=O)O[C@H](C)C(=O)N1CCc2ccccc21. The van der Waals surface area contributed by atoms with Crippen LogP contribution in [0.15, 0.2) is 42.5 Å². The largest absolute Gasteiger partial charge is 0.496 e. The summed E-state index contributed by atoms with van der Waals surface area (Å²) in [5.41, 5.74) is 3.27. The Morgan fingerprint density at radius 2 is 1.92 bits per heavy atom. The van der Waals surface area contributed by atoms with Crippen LogP contribution in [0.3, 0.4) is 0 Å². The molecule has 2 aromatic carbocycles. The number of fused-ring (bicyclic) bond motifs is 1. The number of rotatable bonds is 4. The van der Waals surface area contributed by atoms with Gasteiger partial charge in [0.2, 0.25) is 0 Å². The zero-order valence-corrected chi connectivity index (χ0v) is 14.6. The first kappa shape index (κ1) is 17.0. The van der Waals surface area contributed by atoms with Gasteiger partial charge in [0.15, 0.2) is 6.10 Å². The molecule has 0 saturated heterocycles. The molecule has 1 atom stereocenters. The number of aryl methyl sites for hydroxylation is 1. The highest BCUT2D eigenvalue weighted by Gasteiger charge is 2.30. The average Bonchev–Trinajstić information content (AvgIpc) is 3.05. The molecule has 5 heteroatoms. The minimum absolute atomic E-state index is 0.218. The van der Waals surface area contributed by atoms with Crippen molar-refractivity contribution in [2.75, 3.05) is 18.6 Å². The first-order valence-corrected chi connectivity index (χ1v) is 8.26. The number of nitrogens with zero attached hydrogens (tertiary/aromatic N) is 1. The molecule has 1 aliphatic rings. The highest BCUT2D eigenvalue weighted by atomic mass is 16.5. The Morgan fingerprint density at radius 3 is 2.68 bits per heavy atom. The van der Waals surface area contributed by atoms with Gasteiger partial charge in [0.1, 0.15) is 11.3 Å². The van der Waals surface area contributed by atoms with Crippen LogP contribution in [-0.2, 0) is 16.0 Å². The van der Waals surface area contributed by atoms with E-state index < -0.39 is 12.1 Å². The Balaban J connectivity index is 1.74. The van der Waals surface area contributed by atoms with Crippen molar-refractivity contribution in [1.82, 2.24) is 0 Å². The summed E-state index contributed by atoms with van der Waals surface area (Å²) in [4.78, 5) is 26.9. The molecule has 1 aliphatic heterocycles. The second-order valence-electron chi connectivity index (χ2n) is 6.12. The molecule has 0 saturated carbocycles. The highest BCUT2D eigenvalue weighted by molar-refractivity contribution is 6.01. The lowest BCUT2D eigenvalue weighted by atomic mass is 10.1. The number of hydrogen-bond acceptors (Lipinski definition) is 4.